The lowest BCUT2D eigenvalue weighted by Crippen LogP contribution is -2.11. The standard InChI is InChI=1S/C34H27NS2/c1-34(2,3)25-17-18-27(33-31(25)23-12-7-8-14-28(23)37-33)35-26-13-9-15-30-32(26)24-20-22(16-19-29(24)36-30)21-10-5-4-6-11-21/h4-20,35H,1-3H3. The molecule has 0 bridgehead atoms. The van der Waals surface area contributed by atoms with Crippen molar-refractivity contribution in [2.45, 2.75) is 26.2 Å². The number of thiophene rings is 2. The van der Waals surface area contributed by atoms with Crippen LogP contribution in [0.25, 0.3) is 51.5 Å². The number of benzene rings is 5. The average molecular weight is 514 g/mol. The first kappa shape index (κ1) is 22.5. The van der Waals surface area contributed by atoms with Crippen molar-refractivity contribution in [3.8, 4) is 11.1 Å². The zero-order valence-electron chi connectivity index (χ0n) is 21.1. The Morgan fingerprint density at radius 2 is 1.30 bits per heavy atom. The fraction of sp³-hybridized carbons (Fsp3) is 0.118. The van der Waals surface area contributed by atoms with E-state index in [0.29, 0.717) is 0 Å². The van der Waals surface area contributed by atoms with Gasteiger partial charge in [-0.3, -0.25) is 0 Å². The van der Waals surface area contributed by atoms with Crippen LogP contribution in [0.2, 0.25) is 0 Å². The summed E-state index contributed by atoms with van der Waals surface area (Å²) in [5.74, 6) is 0. The highest BCUT2D eigenvalue weighted by Gasteiger charge is 2.22. The zero-order chi connectivity index (χ0) is 25.1. The molecule has 0 fully saturated rings. The molecule has 7 rings (SSSR count). The van der Waals surface area contributed by atoms with Gasteiger partial charge in [-0.15, -0.1) is 22.7 Å². The van der Waals surface area contributed by atoms with Crippen LogP contribution in [0.3, 0.4) is 0 Å². The summed E-state index contributed by atoms with van der Waals surface area (Å²) in [4.78, 5) is 0. The van der Waals surface area contributed by atoms with Crippen LogP contribution in [0.1, 0.15) is 26.3 Å². The Morgan fingerprint density at radius 3 is 2.14 bits per heavy atom. The van der Waals surface area contributed by atoms with Crippen LogP contribution in [-0.4, -0.2) is 0 Å². The van der Waals surface area contributed by atoms with Gasteiger partial charge in [-0.1, -0.05) is 87.5 Å². The summed E-state index contributed by atoms with van der Waals surface area (Å²) in [6, 6.07) is 37.6. The van der Waals surface area contributed by atoms with Crippen molar-refractivity contribution in [2.24, 2.45) is 0 Å². The summed E-state index contributed by atoms with van der Waals surface area (Å²) >= 11 is 3.75. The number of nitrogens with one attached hydrogen (secondary N) is 1. The highest BCUT2D eigenvalue weighted by molar-refractivity contribution is 7.26. The monoisotopic (exact) mass is 513 g/mol. The van der Waals surface area contributed by atoms with Gasteiger partial charge in [0.25, 0.3) is 0 Å². The van der Waals surface area contributed by atoms with Crippen LogP contribution in [0.5, 0.6) is 0 Å². The Morgan fingerprint density at radius 1 is 0.541 bits per heavy atom. The second-order valence-electron chi connectivity index (χ2n) is 10.7. The van der Waals surface area contributed by atoms with Crippen LogP contribution in [0, 0.1) is 0 Å². The minimum atomic E-state index is 0.0675. The Balaban J connectivity index is 1.44. The third-order valence-corrected chi connectivity index (χ3v) is 9.55. The quantitative estimate of drug-likeness (QED) is 0.248. The highest BCUT2D eigenvalue weighted by Crippen LogP contribution is 2.46. The lowest BCUT2D eigenvalue weighted by atomic mass is 9.84. The van der Waals surface area contributed by atoms with E-state index in [2.05, 4.69) is 129 Å². The molecule has 0 aliphatic rings. The number of hydrogen-bond acceptors (Lipinski definition) is 3. The second-order valence-corrected chi connectivity index (χ2v) is 12.8. The van der Waals surface area contributed by atoms with Gasteiger partial charge >= 0.3 is 0 Å². The molecular formula is C34H27NS2. The third-order valence-electron chi connectivity index (χ3n) is 7.21. The van der Waals surface area contributed by atoms with E-state index in [1.165, 1.54) is 62.7 Å². The molecule has 0 unspecified atom stereocenters. The Bertz CT molecular complexity index is 1930. The van der Waals surface area contributed by atoms with Crippen LogP contribution in [-0.2, 0) is 5.41 Å². The molecule has 0 atom stereocenters. The molecule has 7 aromatic rings. The van der Waals surface area contributed by atoms with E-state index in [-0.39, 0.29) is 5.41 Å². The van der Waals surface area contributed by atoms with Crippen LogP contribution >= 0.6 is 22.7 Å². The van der Waals surface area contributed by atoms with E-state index < -0.39 is 0 Å². The topological polar surface area (TPSA) is 12.0 Å². The molecule has 0 saturated carbocycles. The van der Waals surface area contributed by atoms with E-state index in [1.807, 2.05) is 22.7 Å². The first-order valence-corrected chi connectivity index (χ1v) is 14.3. The maximum Gasteiger partial charge on any atom is 0.0593 e. The number of fused-ring (bicyclic) bond motifs is 6. The van der Waals surface area contributed by atoms with Crippen LogP contribution in [0.4, 0.5) is 11.4 Å². The maximum absolute atomic E-state index is 3.88. The van der Waals surface area contributed by atoms with Crippen LogP contribution < -0.4 is 5.32 Å². The fourth-order valence-corrected chi connectivity index (χ4v) is 7.75. The van der Waals surface area contributed by atoms with Crippen molar-refractivity contribution >= 4 is 74.4 Å². The third kappa shape index (κ3) is 3.73. The highest BCUT2D eigenvalue weighted by atomic mass is 32.1. The molecule has 1 N–H and O–H groups in total. The average Bonchev–Trinajstić information content (AvgIpc) is 3.48. The number of rotatable bonds is 3. The van der Waals surface area contributed by atoms with Crippen molar-refractivity contribution < 1.29 is 0 Å². The Kier molecular flexibility index (Phi) is 5.14. The van der Waals surface area contributed by atoms with E-state index >= 15 is 0 Å². The molecule has 180 valence electrons. The van der Waals surface area contributed by atoms with Gasteiger partial charge in [0.1, 0.15) is 0 Å². The van der Waals surface area contributed by atoms with Gasteiger partial charge in [-0.2, -0.15) is 0 Å². The minimum Gasteiger partial charge on any atom is -0.354 e. The molecule has 0 radical (unpaired) electrons. The fourth-order valence-electron chi connectivity index (χ4n) is 5.44. The summed E-state index contributed by atoms with van der Waals surface area (Å²) in [6.45, 7) is 6.93. The van der Waals surface area contributed by atoms with E-state index in [9.17, 15) is 0 Å². The summed E-state index contributed by atoms with van der Waals surface area (Å²) in [5, 5.41) is 9.22. The van der Waals surface area contributed by atoms with Crippen molar-refractivity contribution in [3.05, 3.63) is 109 Å². The molecule has 3 heteroatoms. The summed E-state index contributed by atoms with van der Waals surface area (Å²) < 4.78 is 5.29. The molecule has 2 heterocycles. The number of hydrogen-bond donors (Lipinski definition) is 1. The number of anilines is 2. The normalized spacial score (nSPS) is 12.2. The van der Waals surface area contributed by atoms with Gasteiger partial charge < -0.3 is 5.32 Å². The lowest BCUT2D eigenvalue weighted by Gasteiger charge is -2.22. The van der Waals surface area contributed by atoms with E-state index in [1.54, 1.807) is 0 Å². The largest absolute Gasteiger partial charge is 0.354 e. The van der Waals surface area contributed by atoms with Gasteiger partial charge in [0, 0.05) is 41.3 Å². The SMILES string of the molecule is CC(C)(C)c1ccc(Nc2cccc3sc4ccc(-c5ccccc5)cc4c23)c2sc3ccccc3c12. The zero-order valence-corrected chi connectivity index (χ0v) is 22.8. The molecular weight excluding hydrogens is 487 g/mol. The molecule has 0 saturated heterocycles. The summed E-state index contributed by atoms with van der Waals surface area (Å²) in [5.41, 5.74) is 6.31. The lowest BCUT2D eigenvalue weighted by molar-refractivity contribution is 0.596. The molecule has 0 spiro atoms. The van der Waals surface area contributed by atoms with Crippen molar-refractivity contribution in [1.82, 2.24) is 0 Å². The predicted molar refractivity (Wildman–Crippen MR) is 166 cm³/mol. The molecule has 0 amide bonds. The molecule has 0 aliphatic carbocycles. The van der Waals surface area contributed by atoms with Gasteiger partial charge in [0.15, 0.2) is 0 Å². The summed E-state index contributed by atoms with van der Waals surface area (Å²) in [6.07, 6.45) is 0. The van der Waals surface area contributed by atoms with Gasteiger partial charge in [-0.05, 0) is 58.5 Å². The van der Waals surface area contributed by atoms with Crippen molar-refractivity contribution in [2.75, 3.05) is 5.32 Å². The van der Waals surface area contributed by atoms with E-state index in [0.717, 1.165) is 5.69 Å². The Hall–Kier alpha value is -3.66. The van der Waals surface area contributed by atoms with Crippen molar-refractivity contribution in [1.29, 1.82) is 0 Å². The molecule has 0 aliphatic heterocycles. The minimum absolute atomic E-state index is 0.0675. The molecule has 5 aromatic carbocycles. The summed E-state index contributed by atoms with van der Waals surface area (Å²) in [7, 11) is 0. The first-order chi connectivity index (χ1) is 18.0. The van der Waals surface area contributed by atoms with Gasteiger partial charge in [0.05, 0.1) is 10.4 Å². The molecule has 1 nitrogen and oxygen atoms in total. The first-order valence-electron chi connectivity index (χ1n) is 12.7. The second kappa shape index (κ2) is 8.44. The predicted octanol–water partition coefficient (Wildman–Crippen LogP) is 11.1. The van der Waals surface area contributed by atoms with Gasteiger partial charge in [-0.25, -0.2) is 0 Å². The molecule has 2 aromatic heterocycles. The molecule has 37 heavy (non-hydrogen) atoms. The van der Waals surface area contributed by atoms with Gasteiger partial charge in [0.2, 0.25) is 0 Å². The maximum atomic E-state index is 3.88. The van der Waals surface area contributed by atoms with Crippen LogP contribution in [0.15, 0.2) is 103 Å². The van der Waals surface area contributed by atoms with E-state index in [4.69, 9.17) is 0 Å². The smallest absolute Gasteiger partial charge is 0.0593 e. The van der Waals surface area contributed by atoms with Crippen molar-refractivity contribution in [3.63, 3.8) is 0 Å². The Labute approximate surface area is 225 Å².